The van der Waals surface area contributed by atoms with Crippen LogP contribution in [0.1, 0.15) is 12.1 Å². The Hall–Kier alpha value is -0.260. The van der Waals surface area contributed by atoms with Gasteiger partial charge in [-0.1, -0.05) is 11.6 Å². The molecular formula is C6H6Cl2N2O2S. The minimum Gasteiger partial charge on any atom is -0.267 e. The zero-order valence-electron chi connectivity index (χ0n) is 6.50. The van der Waals surface area contributed by atoms with Gasteiger partial charge in [-0.3, -0.25) is 4.68 Å². The summed E-state index contributed by atoms with van der Waals surface area (Å²) in [6.07, 6.45) is 1.56. The molecule has 0 aromatic carbocycles. The highest BCUT2D eigenvalue weighted by Crippen LogP contribution is 2.31. The van der Waals surface area contributed by atoms with Crippen molar-refractivity contribution in [1.82, 2.24) is 9.78 Å². The smallest absolute Gasteiger partial charge is 0.266 e. The van der Waals surface area contributed by atoms with Gasteiger partial charge in [0.25, 0.3) is 9.05 Å². The molecule has 4 nitrogen and oxygen atoms in total. The van der Waals surface area contributed by atoms with Gasteiger partial charge in [0.05, 0.1) is 5.69 Å². The molecule has 2 heterocycles. The summed E-state index contributed by atoms with van der Waals surface area (Å²) in [4.78, 5) is -0.0201. The number of halogens is 2. The fraction of sp³-hybridized carbons (Fsp3) is 0.500. The summed E-state index contributed by atoms with van der Waals surface area (Å²) in [5.41, 5.74) is 0.625. The third-order valence-electron chi connectivity index (χ3n) is 2.00. The molecule has 0 spiro atoms. The van der Waals surface area contributed by atoms with Crippen LogP contribution in [0, 0.1) is 0 Å². The van der Waals surface area contributed by atoms with E-state index in [0.717, 1.165) is 6.42 Å². The number of fused-ring (bicyclic) bond motifs is 1. The summed E-state index contributed by atoms with van der Waals surface area (Å²) in [6, 6.07) is 0. The van der Waals surface area contributed by atoms with Gasteiger partial charge in [-0.15, -0.1) is 0 Å². The molecule has 7 heteroatoms. The van der Waals surface area contributed by atoms with Crippen LogP contribution in [-0.2, 0) is 22.0 Å². The Morgan fingerprint density at radius 3 is 2.77 bits per heavy atom. The fourth-order valence-corrected chi connectivity index (χ4v) is 3.35. The predicted molar refractivity (Wildman–Crippen MR) is 48.6 cm³/mol. The van der Waals surface area contributed by atoms with Gasteiger partial charge in [-0.25, -0.2) is 8.42 Å². The average molecular weight is 241 g/mol. The van der Waals surface area contributed by atoms with E-state index in [-0.39, 0.29) is 10.0 Å². The second kappa shape index (κ2) is 2.87. The quantitative estimate of drug-likeness (QED) is 0.698. The Balaban J connectivity index is 2.70. The molecule has 1 aromatic heterocycles. The summed E-state index contributed by atoms with van der Waals surface area (Å²) >= 11 is 5.65. The molecule has 0 amide bonds. The van der Waals surface area contributed by atoms with Crippen molar-refractivity contribution in [1.29, 1.82) is 0 Å². The molecule has 0 saturated heterocycles. The topological polar surface area (TPSA) is 52.0 Å². The van der Waals surface area contributed by atoms with E-state index in [9.17, 15) is 8.42 Å². The van der Waals surface area contributed by atoms with Crippen molar-refractivity contribution < 1.29 is 8.42 Å². The Kier molecular flexibility index (Phi) is 2.05. The van der Waals surface area contributed by atoms with E-state index in [2.05, 4.69) is 5.10 Å². The Morgan fingerprint density at radius 1 is 1.46 bits per heavy atom. The molecule has 0 bridgehead atoms. The Morgan fingerprint density at radius 2 is 2.15 bits per heavy atom. The van der Waals surface area contributed by atoms with Gasteiger partial charge in [0.2, 0.25) is 0 Å². The minimum atomic E-state index is -3.76. The number of hydrogen-bond acceptors (Lipinski definition) is 3. The summed E-state index contributed by atoms with van der Waals surface area (Å²) in [5, 5.41) is 3.85. The molecule has 0 unspecified atom stereocenters. The second-order valence-corrected chi connectivity index (χ2v) is 5.69. The normalized spacial score (nSPS) is 16.2. The summed E-state index contributed by atoms with van der Waals surface area (Å²) in [5.74, 6) is 0. The van der Waals surface area contributed by atoms with Crippen molar-refractivity contribution in [3.63, 3.8) is 0 Å². The zero-order valence-corrected chi connectivity index (χ0v) is 8.82. The highest BCUT2D eigenvalue weighted by molar-refractivity contribution is 8.13. The van der Waals surface area contributed by atoms with E-state index >= 15 is 0 Å². The lowest BCUT2D eigenvalue weighted by Crippen LogP contribution is -1.96. The average Bonchev–Trinajstić information content (AvgIpc) is 2.41. The van der Waals surface area contributed by atoms with Gasteiger partial charge < -0.3 is 0 Å². The lowest BCUT2D eigenvalue weighted by Gasteiger charge is -1.94. The third kappa shape index (κ3) is 1.45. The van der Waals surface area contributed by atoms with Crippen molar-refractivity contribution in [2.75, 3.05) is 0 Å². The van der Waals surface area contributed by atoms with Crippen molar-refractivity contribution in [3.8, 4) is 0 Å². The maximum absolute atomic E-state index is 11.1. The lowest BCUT2D eigenvalue weighted by atomic mass is 10.3. The van der Waals surface area contributed by atoms with Gasteiger partial charge in [-0.2, -0.15) is 5.10 Å². The molecule has 1 aliphatic heterocycles. The first-order valence-corrected chi connectivity index (χ1v) is 6.39. The van der Waals surface area contributed by atoms with Gasteiger partial charge in [0, 0.05) is 17.2 Å². The number of aryl methyl sites for hydroxylation is 1. The maximum Gasteiger partial charge on any atom is 0.266 e. The fourth-order valence-electron chi connectivity index (χ4n) is 1.51. The summed E-state index contributed by atoms with van der Waals surface area (Å²) in [6.45, 7) is 0.710. The van der Waals surface area contributed by atoms with Gasteiger partial charge in [0.15, 0.2) is 5.15 Å². The Bertz CT molecular complexity index is 451. The highest BCUT2D eigenvalue weighted by atomic mass is 35.7. The molecule has 0 saturated carbocycles. The molecule has 0 aliphatic carbocycles. The summed E-state index contributed by atoms with van der Waals surface area (Å²) in [7, 11) is 1.46. The van der Waals surface area contributed by atoms with E-state index in [0.29, 0.717) is 18.7 Å². The molecule has 72 valence electrons. The van der Waals surface area contributed by atoms with Crippen LogP contribution < -0.4 is 0 Å². The molecule has 0 fully saturated rings. The van der Waals surface area contributed by atoms with E-state index in [1.807, 2.05) is 0 Å². The SMILES string of the molecule is O=S(=O)(Cl)c1c(Cl)nn2c1CCC2. The lowest BCUT2D eigenvalue weighted by molar-refractivity contribution is 0.608. The van der Waals surface area contributed by atoms with E-state index in [1.54, 1.807) is 4.68 Å². The van der Waals surface area contributed by atoms with Gasteiger partial charge in [-0.05, 0) is 12.8 Å². The largest absolute Gasteiger partial charge is 0.267 e. The minimum absolute atomic E-state index is 0.0201. The molecular weight excluding hydrogens is 235 g/mol. The highest BCUT2D eigenvalue weighted by Gasteiger charge is 2.28. The number of rotatable bonds is 1. The predicted octanol–water partition coefficient (Wildman–Crippen LogP) is 1.41. The van der Waals surface area contributed by atoms with Crippen molar-refractivity contribution >= 4 is 31.3 Å². The summed E-state index contributed by atoms with van der Waals surface area (Å²) < 4.78 is 23.8. The van der Waals surface area contributed by atoms with Crippen LogP contribution in [-0.4, -0.2) is 18.2 Å². The van der Waals surface area contributed by atoms with E-state index in [1.165, 1.54) is 0 Å². The number of hydrogen-bond donors (Lipinski definition) is 0. The molecule has 0 N–H and O–H groups in total. The first kappa shape index (κ1) is 9.30. The van der Waals surface area contributed by atoms with Crippen molar-refractivity contribution in [2.45, 2.75) is 24.3 Å². The first-order chi connectivity index (χ1) is 6.00. The maximum atomic E-state index is 11.1. The van der Waals surface area contributed by atoms with Crippen LogP contribution >= 0.6 is 22.3 Å². The van der Waals surface area contributed by atoms with E-state index in [4.69, 9.17) is 22.3 Å². The van der Waals surface area contributed by atoms with Crippen LogP contribution in [0.2, 0.25) is 5.15 Å². The monoisotopic (exact) mass is 240 g/mol. The van der Waals surface area contributed by atoms with Crippen LogP contribution in [0.3, 0.4) is 0 Å². The number of aromatic nitrogens is 2. The third-order valence-corrected chi connectivity index (χ3v) is 3.75. The molecule has 1 aliphatic rings. The second-order valence-electron chi connectivity index (χ2n) is 2.83. The molecule has 0 atom stereocenters. The van der Waals surface area contributed by atoms with Crippen LogP contribution in [0.5, 0.6) is 0 Å². The van der Waals surface area contributed by atoms with Crippen molar-refractivity contribution in [3.05, 3.63) is 10.8 Å². The van der Waals surface area contributed by atoms with Gasteiger partial charge >= 0.3 is 0 Å². The molecule has 1 aromatic rings. The van der Waals surface area contributed by atoms with E-state index < -0.39 is 9.05 Å². The molecule has 13 heavy (non-hydrogen) atoms. The standard InChI is InChI=1S/C6H6Cl2N2O2S/c7-6-5(13(8,11)12)4-2-1-3-10(4)9-6/h1-3H2. The molecule has 2 rings (SSSR count). The molecule has 0 radical (unpaired) electrons. The van der Waals surface area contributed by atoms with Crippen LogP contribution in [0.25, 0.3) is 0 Å². The number of nitrogens with zero attached hydrogens (tertiary/aromatic N) is 2. The van der Waals surface area contributed by atoms with Crippen LogP contribution in [0.4, 0.5) is 0 Å². The van der Waals surface area contributed by atoms with Crippen LogP contribution in [0.15, 0.2) is 4.90 Å². The van der Waals surface area contributed by atoms with Gasteiger partial charge in [0.1, 0.15) is 4.90 Å². The zero-order chi connectivity index (χ0) is 9.64. The first-order valence-electron chi connectivity index (χ1n) is 3.70. The van der Waals surface area contributed by atoms with Crippen molar-refractivity contribution in [2.24, 2.45) is 0 Å². The Labute approximate surface area is 84.9 Å².